The first-order chi connectivity index (χ1) is 9.18. The van der Waals surface area contributed by atoms with E-state index in [0.29, 0.717) is 6.04 Å². The van der Waals surface area contributed by atoms with E-state index in [2.05, 4.69) is 16.9 Å². The first kappa shape index (κ1) is 13.6. The summed E-state index contributed by atoms with van der Waals surface area (Å²) in [5, 5.41) is 8.73. The minimum atomic E-state index is -0.935. The zero-order valence-corrected chi connectivity index (χ0v) is 11.2. The fourth-order valence-electron chi connectivity index (χ4n) is 2.64. The first-order valence-electron chi connectivity index (χ1n) is 6.77. The van der Waals surface area contributed by atoms with Crippen LogP contribution in [0.5, 0.6) is 0 Å². The minimum absolute atomic E-state index is 0.514. The highest BCUT2D eigenvalue weighted by atomic mass is 16.4. The third kappa shape index (κ3) is 3.56. The fourth-order valence-corrected chi connectivity index (χ4v) is 2.64. The SMILES string of the molecule is CN(c1ncccc1/C=C/C(=O)O)C1CCCCC1. The van der Waals surface area contributed by atoms with Gasteiger partial charge < -0.3 is 10.0 Å². The zero-order chi connectivity index (χ0) is 13.7. The molecular weight excluding hydrogens is 240 g/mol. The van der Waals surface area contributed by atoms with Crippen molar-refractivity contribution in [1.29, 1.82) is 0 Å². The van der Waals surface area contributed by atoms with Gasteiger partial charge in [0.1, 0.15) is 5.82 Å². The molecular formula is C15H20N2O2. The Bertz CT molecular complexity index is 465. The van der Waals surface area contributed by atoms with Crippen molar-refractivity contribution in [2.24, 2.45) is 0 Å². The molecule has 0 bridgehead atoms. The number of carbonyl (C=O) groups is 1. The monoisotopic (exact) mass is 260 g/mol. The largest absolute Gasteiger partial charge is 0.478 e. The highest BCUT2D eigenvalue weighted by Crippen LogP contribution is 2.27. The van der Waals surface area contributed by atoms with Crippen molar-refractivity contribution in [2.45, 2.75) is 38.1 Å². The molecule has 1 aromatic rings. The number of carboxylic acid groups (broad SMARTS) is 1. The van der Waals surface area contributed by atoms with Crippen LogP contribution in [-0.2, 0) is 4.79 Å². The number of aliphatic carboxylic acids is 1. The van der Waals surface area contributed by atoms with Gasteiger partial charge in [0.05, 0.1) is 0 Å². The maximum atomic E-state index is 10.6. The molecule has 0 spiro atoms. The Balaban J connectivity index is 2.20. The number of hydrogen-bond acceptors (Lipinski definition) is 3. The Labute approximate surface area is 113 Å². The van der Waals surface area contributed by atoms with Gasteiger partial charge in [-0.3, -0.25) is 0 Å². The number of nitrogens with zero attached hydrogens (tertiary/aromatic N) is 2. The van der Waals surface area contributed by atoms with Gasteiger partial charge in [-0.05, 0) is 31.1 Å². The Morgan fingerprint density at radius 3 is 2.84 bits per heavy atom. The lowest BCUT2D eigenvalue weighted by Crippen LogP contribution is -2.34. The second-order valence-corrected chi connectivity index (χ2v) is 4.99. The Kier molecular flexibility index (Phi) is 4.55. The van der Waals surface area contributed by atoms with Crippen molar-refractivity contribution in [2.75, 3.05) is 11.9 Å². The minimum Gasteiger partial charge on any atom is -0.478 e. The summed E-state index contributed by atoms with van der Waals surface area (Å²) in [5.74, 6) is -0.0676. The van der Waals surface area contributed by atoms with Crippen LogP contribution < -0.4 is 4.90 Å². The molecule has 2 rings (SSSR count). The molecule has 1 saturated carbocycles. The van der Waals surface area contributed by atoms with Crippen molar-refractivity contribution >= 4 is 17.9 Å². The zero-order valence-electron chi connectivity index (χ0n) is 11.2. The second-order valence-electron chi connectivity index (χ2n) is 4.99. The van der Waals surface area contributed by atoms with Gasteiger partial charge in [-0.2, -0.15) is 0 Å². The van der Waals surface area contributed by atoms with E-state index in [0.717, 1.165) is 17.5 Å². The van der Waals surface area contributed by atoms with Crippen molar-refractivity contribution in [3.8, 4) is 0 Å². The van der Waals surface area contributed by atoms with Crippen molar-refractivity contribution < 1.29 is 9.90 Å². The van der Waals surface area contributed by atoms with Crippen molar-refractivity contribution in [3.63, 3.8) is 0 Å². The van der Waals surface area contributed by atoms with E-state index in [9.17, 15) is 4.79 Å². The molecule has 0 atom stereocenters. The summed E-state index contributed by atoms with van der Waals surface area (Å²) in [5.41, 5.74) is 0.859. The molecule has 0 aromatic carbocycles. The van der Waals surface area contributed by atoms with E-state index in [1.807, 2.05) is 12.1 Å². The van der Waals surface area contributed by atoms with Crippen LogP contribution in [0.2, 0.25) is 0 Å². The molecule has 1 aliphatic carbocycles. The van der Waals surface area contributed by atoms with Gasteiger partial charge in [-0.1, -0.05) is 19.3 Å². The third-order valence-corrected chi connectivity index (χ3v) is 3.68. The molecule has 102 valence electrons. The van der Waals surface area contributed by atoms with Crippen molar-refractivity contribution in [3.05, 3.63) is 30.0 Å². The van der Waals surface area contributed by atoms with Crippen LogP contribution in [0.1, 0.15) is 37.7 Å². The number of aromatic nitrogens is 1. The Morgan fingerprint density at radius 1 is 1.42 bits per heavy atom. The highest BCUT2D eigenvalue weighted by Gasteiger charge is 2.20. The van der Waals surface area contributed by atoms with Crippen LogP contribution in [0.4, 0.5) is 5.82 Å². The van der Waals surface area contributed by atoms with Gasteiger partial charge in [0.2, 0.25) is 0 Å². The highest BCUT2D eigenvalue weighted by molar-refractivity contribution is 5.86. The molecule has 4 heteroatoms. The predicted octanol–water partition coefficient (Wildman–Crippen LogP) is 2.95. The Hall–Kier alpha value is -1.84. The van der Waals surface area contributed by atoms with E-state index >= 15 is 0 Å². The van der Waals surface area contributed by atoms with Gasteiger partial charge in [0.15, 0.2) is 0 Å². The molecule has 19 heavy (non-hydrogen) atoms. The molecule has 1 aliphatic rings. The normalized spacial score (nSPS) is 16.7. The summed E-state index contributed by atoms with van der Waals surface area (Å²) in [4.78, 5) is 17.2. The van der Waals surface area contributed by atoms with Gasteiger partial charge >= 0.3 is 5.97 Å². The van der Waals surface area contributed by atoms with E-state index in [1.54, 1.807) is 12.3 Å². The smallest absolute Gasteiger partial charge is 0.328 e. The molecule has 0 radical (unpaired) electrons. The van der Waals surface area contributed by atoms with Crippen LogP contribution in [0, 0.1) is 0 Å². The lowest BCUT2D eigenvalue weighted by atomic mass is 9.94. The van der Waals surface area contributed by atoms with Crippen LogP contribution in [0.15, 0.2) is 24.4 Å². The average molecular weight is 260 g/mol. The fraction of sp³-hybridized carbons (Fsp3) is 0.467. The van der Waals surface area contributed by atoms with E-state index < -0.39 is 5.97 Å². The second kappa shape index (κ2) is 6.36. The van der Waals surface area contributed by atoms with Crippen LogP contribution in [-0.4, -0.2) is 29.1 Å². The van der Waals surface area contributed by atoms with Gasteiger partial charge in [-0.15, -0.1) is 0 Å². The van der Waals surface area contributed by atoms with Crippen molar-refractivity contribution in [1.82, 2.24) is 4.98 Å². The number of carboxylic acids is 1. The van der Waals surface area contributed by atoms with Crippen LogP contribution in [0.3, 0.4) is 0 Å². The summed E-state index contributed by atoms with van der Waals surface area (Å²) in [6.07, 6.45) is 10.8. The summed E-state index contributed by atoms with van der Waals surface area (Å²) in [6.45, 7) is 0. The van der Waals surface area contributed by atoms with Gasteiger partial charge in [0, 0.05) is 30.9 Å². The molecule has 1 aromatic heterocycles. The third-order valence-electron chi connectivity index (χ3n) is 3.68. The van der Waals surface area contributed by atoms with Gasteiger partial charge in [0.25, 0.3) is 0 Å². The van der Waals surface area contributed by atoms with Crippen LogP contribution in [0.25, 0.3) is 6.08 Å². The summed E-state index contributed by atoms with van der Waals surface area (Å²) >= 11 is 0. The molecule has 0 amide bonds. The van der Waals surface area contributed by atoms with E-state index in [1.165, 1.54) is 32.1 Å². The molecule has 0 saturated heterocycles. The molecule has 1 heterocycles. The summed E-state index contributed by atoms with van der Waals surface area (Å²) < 4.78 is 0. The first-order valence-corrected chi connectivity index (χ1v) is 6.77. The predicted molar refractivity (Wildman–Crippen MR) is 76.2 cm³/mol. The molecule has 0 unspecified atom stereocenters. The maximum absolute atomic E-state index is 10.6. The topological polar surface area (TPSA) is 53.4 Å². The van der Waals surface area contributed by atoms with E-state index in [-0.39, 0.29) is 0 Å². The molecule has 1 N–H and O–H groups in total. The van der Waals surface area contributed by atoms with E-state index in [4.69, 9.17) is 5.11 Å². The lowest BCUT2D eigenvalue weighted by molar-refractivity contribution is -0.131. The summed E-state index contributed by atoms with van der Waals surface area (Å²) in [7, 11) is 2.05. The number of pyridine rings is 1. The van der Waals surface area contributed by atoms with Gasteiger partial charge in [-0.25, -0.2) is 9.78 Å². The molecule has 4 nitrogen and oxygen atoms in total. The Morgan fingerprint density at radius 2 is 2.16 bits per heavy atom. The lowest BCUT2D eigenvalue weighted by Gasteiger charge is -2.32. The average Bonchev–Trinajstić information content (AvgIpc) is 2.45. The number of hydrogen-bond donors (Lipinski definition) is 1. The molecule has 0 aliphatic heterocycles. The number of anilines is 1. The molecule has 1 fully saturated rings. The van der Waals surface area contributed by atoms with Crippen LogP contribution >= 0.6 is 0 Å². The summed E-state index contributed by atoms with van der Waals surface area (Å²) in [6, 6.07) is 4.25. The number of rotatable bonds is 4. The maximum Gasteiger partial charge on any atom is 0.328 e. The quantitative estimate of drug-likeness (QED) is 0.846. The standard InChI is InChI=1S/C15H20N2O2/c1-17(13-7-3-2-4-8-13)15-12(6-5-11-16-15)9-10-14(18)19/h5-6,9-11,13H,2-4,7-8H2,1H3,(H,18,19)/b10-9+.